The fourth-order valence-electron chi connectivity index (χ4n) is 2.98. The van der Waals surface area contributed by atoms with E-state index in [2.05, 4.69) is 6.92 Å². The summed E-state index contributed by atoms with van der Waals surface area (Å²) in [4.78, 5) is 14.5. The van der Waals surface area contributed by atoms with Crippen molar-refractivity contribution in [3.63, 3.8) is 0 Å². The van der Waals surface area contributed by atoms with Crippen molar-refractivity contribution in [3.05, 3.63) is 28.8 Å². The van der Waals surface area contributed by atoms with Gasteiger partial charge in [-0.25, -0.2) is 0 Å². The molecule has 2 rings (SSSR count). The van der Waals surface area contributed by atoms with Crippen LogP contribution >= 0.6 is 11.6 Å². The molecule has 3 nitrogen and oxygen atoms in total. The Balaban J connectivity index is 2.05. The van der Waals surface area contributed by atoms with E-state index < -0.39 is 0 Å². The van der Waals surface area contributed by atoms with Gasteiger partial charge in [-0.3, -0.25) is 4.79 Å². The van der Waals surface area contributed by atoms with E-state index in [0.29, 0.717) is 16.3 Å². The second kappa shape index (κ2) is 6.98. The number of carbonyl (C=O) groups excluding carboxylic acids is 1. The van der Waals surface area contributed by atoms with Crippen LogP contribution in [0.2, 0.25) is 5.02 Å². The molecule has 1 aromatic carbocycles. The third kappa shape index (κ3) is 3.89. The second-order valence-electron chi connectivity index (χ2n) is 5.65. The Morgan fingerprint density at radius 1 is 1.35 bits per heavy atom. The molecule has 0 bridgehead atoms. The van der Waals surface area contributed by atoms with Gasteiger partial charge < -0.3 is 10.6 Å². The molecule has 1 heterocycles. The number of nitrogen functional groups attached to an aromatic ring is 1. The van der Waals surface area contributed by atoms with Crippen LogP contribution in [0.3, 0.4) is 0 Å². The van der Waals surface area contributed by atoms with E-state index in [0.717, 1.165) is 31.8 Å². The number of rotatable bonds is 3. The molecule has 1 amide bonds. The van der Waals surface area contributed by atoms with Crippen LogP contribution in [0.5, 0.6) is 0 Å². The van der Waals surface area contributed by atoms with Gasteiger partial charge in [-0.1, -0.05) is 31.4 Å². The maximum atomic E-state index is 12.5. The molecule has 4 heteroatoms. The predicted molar refractivity (Wildman–Crippen MR) is 84.0 cm³/mol. The van der Waals surface area contributed by atoms with Crippen LogP contribution in [0.15, 0.2) is 18.2 Å². The number of benzene rings is 1. The van der Waals surface area contributed by atoms with Crippen LogP contribution in [0.4, 0.5) is 5.69 Å². The van der Waals surface area contributed by atoms with Crippen LogP contribution in [0.25, 0.3) is 0 Å². The molecule has 1 saturated heterocycles. The summed E-state index contributed by atoms with van der Waals surface area (Å²) in [5.41, 5.74) is 6.91. The summed E-state index contributed by atoms with van der Waals surface area (Å²) in [6.07, 6.45) is 5.92. The van der Waals surface area contributed by atoms with Crippen molar-refractivity contribution >= 4 is 23.2 Å². The Kier molecular flexibility index (Phi) is 5.30. The number of hydrogen-bond acceptors (Lipinski definition) is 2. The molecular weight excluding hydrogens is 272 g/mol. The summed E-state index contributed by atoms with van der Waals surface area (Å²) in [5.74, 6) is 0.818. The molecule has 1 aromatic rings. The quantitative estimate of drug-likeness (QED) is 0.858. The zero-order valence-electron chi connectivity index (χ0n) is 12.1. The lowest BCUT2D eigenvalue weighted by atomic mass is 9.96. The Hall–Kier alpha value is -1.22. The summed E-state index contributed by atoms with van der Waals surface area (Å²) in [6, 6.07) is 5.08. The standard InChI is InChI=1S/C16H23ClN2O/c1-2-4-12-5-3-7-19(8-6-12)16(20)13-9-14(17)11-15(18)10-13/h9-12H,2-8,18H2,1H3. The van der Waals surface area contributed by atoms with Gasteiger partial charge in [0.1, 0.15) is 0 Å². The molecular formula is C16H23ClN2O. The molecule has 1 aliphatic rings. The molecule has 2 N–H and O–H groups in total. The summed E-state index contributed by atoms with van der Waals surface area (Å²) < 4.78 is 0. The smallest absolute Gasteiger partial charge is 0.253 e. The van der Waals surface area contributed by atoms with Crippen LogP contribution in [-0.2, 0) is 0 Å². The first-order valence-corrected chi connectivity index (χ1v) is 7.83. The highest BCUT2D eigenvalue weighted by molar-refractivity contribution is 6.31. The molecule has 0 aromatic heterocycles. The maximum absolute atomic E-state index is 12.5. The number of nitrogens with zero attached hydrogens (tertiary/aromatic N) is 1. The average Bonchev–Trinajstić information content (AvgIpc) is 2.63. The molecule has 1 atom stereocenters. The van der Waals surface area contributed by atoms with Crippen molar-refractivity contribution in [2.75, 3.05) is 18.8 Å². The van der Waals surface area contributed by atoms with E-state index in [9.17, 15) is 4.79 Å². The molecule has 20 heavy (non-hydrogen) atoms. The molecule has 0 spiro atoms. The van der Waals surface area contributed by atoms with Crippen molar-refractivity contribution in [2.45, 2.75) is 39.0 Å². The largest absolute Gasteiger partial charge is 0.399 e. The summed E-state index contributed by atoms with van der Waals surface area (Å²) in [5, 5.41) is 0.520. The minimum Gasteiger partial charge on any atom is -0.399 e. The molecule has 1 fully saturated rings. The first-order chi connectivity index (χ1) is 9.60. The number of halogens is 1. The van der Waals surface area contributed by atoms with Crippen molar-refractivity contribution in [1.82, 2.24) is 4.90 Å². The number of carbonyl (C=O) groups is 1. The van der Waals surface area contributed by atoms with Gasteiger partial charge in [0.25, 0.3) is 5.91 Å². The lowest BCUT2D eigenvalue weighted by molar-refractivity contribution is 0.0760. The molecule has 0 saturated carbocycles. The molecule has 110 valence electrons. The third-order valence-electron chi connectivity index (χ3n) is 4.00. The minimum atomic E-state index is 0.0522. The molecule has 1 unspecified atom stereocenters. The molecule has 1 aliphatic heterocycles. The molecule has 0 radical (unpaired) electrons. The Morgan fingerprint density at radius 3 is 2.85 bits per heavy atom. The van der Waals surface area contributed by atoms with Gasteiger partial charge in [-0.05, 0) is 43.4 Å². The highest BCUT2D eigenvalue weighted by atomic mass is 35.5. The van der Waals surface area contributed by atoms with E-state index in [4.69, 9.17) is 17.3 Å². The summed E-state index contributed by atoms with van der Waals surface area (Å²) in [7, 11) is 0. The van der Waals surface area contributed by atoms with E-state index >= 15 is 0 Å². The van der Waals surface area contributed by atoms with E-state index in [1.807, 2.05) is 4.90 Å². The lowest BCUT2D eigenvalue weighted by Crippen LogP contribution is -2.32. The van der Waals surface area contributed by atoms with Gasteiger partial charge in [0, 0.05) is 29.4 Å². The maximum Gasteiger partial charge on any atom is 0.253 e. The van der Waals surface area contributed by atoms with Crippen molar-refractivity contribution in [1.29, 1.82) is 0 Å². The Bertz CT molecular complexity index is 455. The van der Waals surface area contributed by atoms with Crippen LogP contribution in [0, 0.1) is 5.92 Å². The number of anilines is 1. The highest BCUT2D eigenvalue weighted by Gasteiger charge is 2.21. The van der Waals surface area contributed by atoms with Crippen molar-refractivity contribution < 1.29 is 4.79 Å². The van der Waals surface area contributed by atoms with Gasteiger partial charge in [-0.2, -0.15) is 0 Å². The zero-order chi connectivity index (χ0) is 14.5. The van der Waals surface area contributed by atoms with Crippen molar-refractivity contribution in [3.8, 4) is 0 Å². The Labute approximate surface area is 126 Å². The topological polar surface area (TPSA) is 46.3 Å². The normalized spacial score (nSPS) is 19.7. The van der Waals surface area contributed by atoms with Gasteiger partial charge in [0.15, 0.2) is 0 Å². The monoisotopic (exact) mass is 294 g/mol. The minimum absolute atomic E-state index is 0.0522. The third-order valence-corrected chi connectivity index (χ3v) is 4.22. The second-order valence-corrected chi connectivity index (χ2v) is 6.09. The van der Waals surface area contributed by atoms with E-state index in [-0.39, 0.29) is 5.91 Å². The number of hydrogen-bond donors (Lipinski definition) is 1. The van der Waals surface area contributed by atoms with Gasteiger partial charge in [-0.15, -0.1) is 0 Å². The predicted octanol–water partition coefficient (Wildman–Crippen LogP) is 3.96. The molecule has 0 aliphatic carbocycles. The number of nitrogens with two attached hydrogens (primary N) is 1. The SMILES string of the molecule is CCCC1CCCN(C(=O)c2cc(N)cc(Cl)c2)CC1. The van der Waals surface area contributed by atoms with Gasteiger partial charge in [0.2, 0.25) is 0 Å². The van der Waals surface area contributed by atoms with Crippen LogP contribution < -0.4 is 5.73 Å². The lowest BCUT2D eigenvalue weighted by Gasteiger charge is -2.21. The van der Waals surface area contributed by atoms with E-state index in [1.54, 1.807) is 18.2 Å². The fraction of sp³-hybridized carbons (Fsp3) is 0.562. The number of likely N-dealkylation sites (tertiary alicyclic amines) is 1. The summed E-state index contributed by atoms with van der Waals surface area (Å²) >= 11 is 5.98. The average molecular weight is 295 g/mol. The van der Waals surface area contributed by atoms with E-state index in [1.165, 1.54) is 19.3 Å². The summed E-state index contributed by atoms with van der Waals surface area (Å²) in [6.45, 7) is 3.91. The first-order valence-electron chi connectivity index (χ1n) is 7.45. The van der Waals surface area contributed by atoms with Gasteiger partial charge >= 0.3 is 0 Å². The number of amides is 1. The van der Waals surface area contributed by atoms with Crippen LogP contribution in [0.1, 0.15) is 49.4 Å². The Morgan fingerprint density at radius 2 is 2.15 bits per heavy atom. The fourth-order valence-corrected chi connectivity index (χ4v) is 3.23. The van der Waals surface area contributed by atoms with Crippen LogP contribution in [-0.4, -0.2) is 23.9 Å². The first kappa shape index (κ1) is 15.2. The highest BCUT2D eigenvalue weighted by Crippen LogP contribution is 2.24. The zero-order valence-corrected chi connectivity index (χ0v) is 12.8. The van der Waals surface area contributed by atoms with Gasteiger partial charge in [0.05, 0.1) is 0 Å². The van der Waals surface area contributed by atoms with Crippen molar-refractivity contribution in [2.24, 2.45) is 5.92 Å².